The number of carbonyl (C=O) groups excluding carboxylic acids is 1. The van der Waals surface area contributed by atoms with Gasteiger partial charge in [0.2, 0.25) is 5.91 Å². The molecule has 0 bridgehead atoms. The molecule has 0 spiro atoms. The van der Waals surface area contributed by atoms with Gasteiger partial charge in [0.1, 0.15) is 5.75 Å². The molecule has 1 amide bonds. The number of carbonyl (C=O) groups is 1. The van der Waals surface area contributed by atoms with Gasteiger partial charge in [-0.1, -0.05) is 12.5 Å². The quantitative estimate of drug-likeness (QED) is 0.876. The minimum Gasteiger partial charge on any atom is -0.495 e. The molecule has 2 rings (SSSR count). The van der Waals surface area contributed by atoms with Crippen LogP contribution in [-0.4, -0.2) is 25.6 Å². The van der Waals surface area contributed by atoms with Crippen LogP contribution in [0.2, 0.25) is 0 Å². The van der Waals surface area contributed by atoms with Crippen molar-refractivity contribution in [2.75, 3.05) is 19.0 Å². The molecule has 2 N–H and O–H groups in total. The Hall–Kier alpha value is -1.55. The number of methoxy groups -OCH3 is 1. The number of hydrogen-bond acceptors (Lipinski definition) is 3. The molecule has 1 unspecified atom stereocenters. The van der Waals surface area contributed by atoms with E-state index in [0.717, 1.165) is 24.2 Å². The van der Waals surface area contributed by atoms with E-state index in [0.29, 0.717) is 18.2 Å². The zero-order chi connectivity index (χ0) is 13.7. The number of aryl methyl sites for hydroxylation is 1. The number of ether oxygens (including phenoxy) is 1. The van der Waals surface area contributed by atoms with E-state index < -0.39 is 0 Å². The molecule has 0 radical (unpaired) electrons. The summed E-state index contributed by atoms with van der Waals surface area (Å²) < 4.78 is 5.26. The molecular weight excluding hydrogens is 240 g/mol. The normalized spacial score (nSPS) is 18.9. The van der Waals surface area contributed by atoms with E-state index in [1.165, 1.54) is 12.8 Å². The fraction of sp³-hybridized carbons (Fsp3) is 0.533. The van der Waals surface area contributed by atoms with E-state index >= 15 is 0 Å². The van der Waals surface area contributed by atoms with Gasteiger partial charge in [-0.25, -0.2) is 0 Å². The maximum Gasteiger partial charge on any atom is 0.226 e. The molecule has 1 heterocycles. The summed E-state index contributed by atoms with van der Waals surface area (Å²) in [5.74, 6) is 0.749. The Balaban J connectivity index is 1.95. The van der Waals surface area contributed by atoms with E-state index in [-0.39, 0.29) is 5.91 Å². The maximum atomic E-state index is 12.1. The van der Waals surface area contributed by atoms with Crippen LogP contribution in [0.3, 0.4) is 0 Å². The standard InChI is InChI=1S/C15H22N2O2/c1-11-6-7-14(19-2)13(9-11)17-15(18)10-12-5-3-4-8-16-12/h6-7,9,12,16H,3-5,8,10H2,1-2H3,(H,17,18). The van der Waals surface area contributed by atoms with Crippen molar-refractivity contribution < 1.29 is 9.53 Å². The smallest absolute Gasteiger partial charge is 0.226 e. The first kappa shape index (κ1) is 13.9. The summed E-state index contributed by atoms with van der Waals surface area (Å²) in [6, 6.07) is 6.09. The summed E-state index contributed by atoms with van der Waals surface area (Å²) in [5.41, 5.74) is 1.86. The van der Waals surface area contributed by atoms with Crippen LogP contribution in [0.25, 0.3) is 0 Å². The van der Waals surface area contributed by atoms with Crippen molar-refractivity contribution in [2.24, 2.45) is 0 Å². The summed E-state index contributed by atoms with van der Waals surface area (Å²) in [4.78, 5) is 12.1. The number of piperidine rings is 1. The summed E-state index contributed by atoms with van der Waals surface area (Å²) in [5, 5.41) is 6.33. The van der Waals surface area contributed by atoms with Gasteiger partial charge in [0.05, 0.1) is 12.8 Å². The van der Waals surface area contributed by atoms with E-state index in [4.69, 9.17) is 4.74 Å². The molecule has 1 atom stereocenters. The Morgan fingerprint density at radius 1 is 1.47 bits per heavy atom. The van der Waals surface area contributed by atoms with E-state index in [9.17, 15) is 4.79 Å². The Morgan fingerprint density at radius 3 is 3.00 bits per heavy atom. The number of anilines is 1. The van der Waals surface area contributed by atoms with E-state index in [1.54, 1.807) is 7.11 Å². The Kier molecular flexibility index (Phi) is 4.80. The molecule has 4 nitrogen and oxygen atoms in total. The molecule has 4 heteroatoms. The van der Waals surface area contributed by atoms with Gasteiger partial charge in [-0.2, -0.15) is 0 Å². The molecule has 1 aromatic rings. The van der Waals surface area contributed by atoms with Gasteiger partial charge in [0.25, 0.3) is 0 Å². The van der Waals surface area contributed by atoms with Gasteiger partial charge in [-0.15, -0.1) is 0 Å². The Bertz CT molecular complexity index is 440. The first-order valence-electron chi connectivity index (χ1n) is 6.87. The third-order valence-corrected chi connectivity index (χ3v) is 3.47. The predicted octanol–water partition coefficient (Wildman–Crippen LogP) is 2.47. The highest BCUT2D eigenvalue weighted by atomic mass is 16.5. The second-order valence-corrected chi connectivity index (χ2v) is 5.10. The highest BCUT2D eigenvalue weighted by Gasteiger charge is 2.17. The molecule has 1 saturated heterocycles. The lowest BCUT2D eigenvalue weighted by Gasteiger charge is -2.23. The highest BCUT2D eigenvalue weighted by Crippen LogP contribution is 2.25. The minimum atomic E-state index is 0.0447. The number of amides is 1. The van der Waals surface area contributed by atoms with Crippen molar-refractivity contribution in [3.63, 3.8) is 0 Å². The summed E-state index contributed by atoms with van der Waals surface area (Å²) >= 11 is 0. The molecule has 1 aliphatic rings. The number of hydrogen-bond donors (Lipinski definition) is 2. The lowest BCUT2D eigenvalue weighted by Crippen LogP contribution is -2.36. The van der Waals surface area contributed by atoms with Crippen LogP contribution in [0.15, 0.2) is 18.2 Å². The van der Waals surface area contributed by atoms with Crippen LogP contribution in [-0.2, 0) is 4.79 Å². The molecule has 1 aromatic carbocycles. The van der Waals surface area contributed by atoms with Crippen LogP contribution in [0, 0.1) is 6.92 Å². The van der Waals surface area contributed by atoms with Gasteiger partial charge >= 0.3 is 0 Å². The maximum absolute atomic E-state index is 12.1. The fourth-order valence-corrected chi connectivity index (χ4v) is 2.44. The van der Waals surface area contributed by atoms with Gasteiger partial charge in [-0.3, -0.25) is 4.79 Å². The molecule has 104 valence electrons. The van der Waals surface area contributed by atoms with E-state index in [2.05, 4.69) is 10.6 Å². The van der Waals surface area contributed by atoms with Gasteiger partial charge < -0.3 is 15.4 Å². The number of rotatable bonds is 4. The highest BCUT2D eigenvalue weighted by molar-refractivity contribution is 5.92. The first-order valence-corrected chi connectivity index (χ1v) is 6.87. The predicted molar refractivity (Wildman–Crippen MR) is 76.6 cm³/mol. The van der Waals surface area contributed by atoms with Crippen molar-refractivity contribution in [3.8, 4) is 5.75 Å². The van der Waals surface area contributed by atoms with E-state index in [1.807, 2.05) is 25.1 Å². The van der Waals surface area contributed by atoms with Crippen molar-refractivity contribution in [2.45, 2.75) is 38.6 Å². The Morgan fingerprint density at radius 2 is 2.32 bits per heavy atom. The van der Waals surface area contributed by atoms with Crippen molar-refractivity contribution in [1.82, 2.24) is 5.32 Å². The van der Waals surface area contributed by atoms with Gasteiger partial charge in [0.15, 0.2) is 0 Å². The number of nitrogens with one attached hydrogen (secondary N) is 2. The summed E-state index contributed by atoms with van der Waals surface area (Å²) in [6.07, 6.45) is 4.03. The van der Waals surface area contributed by atoms with Crippen molar-refractivity contribution >= 4 is 11.6 Å². The zero-order valence-corrected chi connectivity index (χ0v) is 11.7. The van der Waals surface area contributed by atoms with Crippen LogP contribution in [0.1, 0.15) is 31.2 Å². The zero-order valence-electron chi connectivity index (χ0n) is 11.7. The van der Waals surface area contributed by atoms with Crippen LogP contribution >= 0.6 is 0 Å². The van der Waals surface area contributed by atoms with Crippen molar-refractivity contribution in [3.05, 3.63) is 23.8 Å². The number of benzene rings is 1. The molecule has 0 aromatic heterocycles. The minimum absolute atomic E-state index is 0.0447. The summed E-state index contributed by atoms with van der Waals surface area (Å²) in [7, 11) is 1.61. The average molecular weight is 262 g/mol. The van der Waals surface area contributed by atoms with Crippen LogP contribution < -0.4 is 15.4 Å². The SMILES string of the molecule is COc1ccc(C)cc1NC(=O)CC1CCCCN1. The third kappa shape index (κ3) is 3.96. The van der Waals surface area contributed by atoms with Crippen molar-refractivity contribution in [1.29, 1.82) is 0 Å². The van der Waals surface area contributed by atoms with Crippen LogP contribution in [0.5, 0.6) is 5.75 Å². The molecule has 0 saturated carbocycles. The van der Waals surface area contributed by atoms with Gasteiger partial charge in [-0.05, 0) is 44.0 Å². The molecular formula is C15H22N2O2. The first-order chi connectivity index (χ1) is 9.19. The molecule has 1 fully saturated rings. The monoisotopic (exact) mass is 262 g/mol. The molecule has 19 heavy (non-hydrogen) atoms. The second kappa shape index (κ2) is 6.57. The largest absolute Gasteiger partial charge is 0.495 e. The third-order valence-electron chi connectivity index (χ3n) is 3.47. The lowest BCUT2D eigenvalue weighted by atomic mass is 10.0. The fourth-order valence-electron chi connectivity index (χ4n) is 2.44. The second-order valence-electron chi connectivity index (χ2n) is 5.10. The molecule has 1 aliphatic heterocycles. The molecule has 0 aliphatic carbocycles. The topological polar surface area (TPSA) is 50.4 Å². The Labute approximate surface area is 114 Å². The summed E-state index contributed by atoms with van der Waals surface area (Å²) in [6.45, 7) is 3.02. The average Bonchev–Trinajstić information content (AvgIpc) is 2.40. The van der Waals surface area contributed by atoms with Crippen LogP contribution in [0.4, 0.5) is 5.69 Å². The van der Waals surface area contributed by atoms with Gasteiger partial charge in [0, 0.05) is 12.5 Å². The lowest BCUT2D eigenvalue weighted by molar-refractivity contribution is -0.116.